The van der Waals surface area contributed by atoms with Gasteiger partial charge in [0.1, 0.15) is 12.6 Å². The number of carbonyl (C=O) groups excluding carboxylic acids is 3. The Hall–Kier alpha value is -2.37. The number of carbonyl (C=O) groups is 3. The molecule has 0 saturated carbocycles. The molecule has 0 bridgehead atoms. The summed E-state index contributed by atoms with van der Waals surface area (Å²) >= 11 is 0. The monoisotopic (exact) mass is 329 g/mol. The molecule has 1 aromatic rings. The maximum Gasteiger partial charge on any atom is 0.325 e. The van der Waals surface area contributed by atoms with Gasteiger partial charge in [0.05, 0.1) is 6.04 Å². The first-order valence-corrected chi connectivity index (χ1v) is 8.46. The first-order chi connectivity index (χ1) is 11.5. The molecule has 2 aliphatic rings. The molecule has 0 radical (unpaired) electrons. The molecule has 1 fully saturated rings. The van der Waals surface area contributed by atoms with Gasteiger partial charge in [-0.05, 0) is 36.3 Å². The van der Waals surface area contributed by atoms with Crippen molar-refractivity contribution in [3.63, 3.8) is 0 Å². The summed E-state index contributed by atoms with van der Waals surface area (Å²) in [6.07, 6.45) is 2.91. The lowest BCUT2D eigenvalue weighted by Crippen LogP contribution is -2.43. The molecule has 4 amide bonds. The van der Waals surface area contributed by atoms with Gasteiger partial charge in [-0.3, -0.25) is 14.5 Å². The standard InChI is InChI=1S/C18H23N3O3/c1-11(2)16-17(23)21(18(24)20-16)10-15(22)19-14-9-5-7-12-6-3-4-8-13(12)14/h3-4,6,8,11,14,16H,5,7,9-10H2,1-2H3,(H,19,22)(H,20,24). The van der Waals surface area contributed by atoms with Gasteiger partial charge in [-0.25, -0.2) is 4.79 Å². The fourth-order valence-corrected chi connectivity index (χ4v) is 3.43. The lowest BCUT2D eigenvalue weighted by Gasteiger charge is -2.27. The highest BCUT2D eigenvalue weighted by Gasteiger charge is 2.40. The summed E-state index contributed by atoms with van der Waals surface area (Å²) < 4.78 is 0. The van der Waals surface area contributed by atoms with Gasteiger partial charge in [0.2, 0.25) is 5.91 Å². The lowest BCUT2D eigenvalue weighted by molar-refractivity contribution is -0.133. The molecule has 2 atom stereocenters. The number of nitrogens with one attached hydrogen (secondary N) is 2. The number of hydrogen-bond donors (Lipinski definition) is 2. The zero-order chi connectivity index (χ0) is 17.3. The first-order valence-electron chi connectivity index (χ1n) is 8.46. The van der Waals surface area contributed by atoms with Gasteiger partial charge in [0.15, 0.2) is 0 Å². The quantitative estimate of drug-likeness (QED) is 0.826. The number of imide groups is 1. The van der Waals surface area contributed by atoms with E-state index in [1.807, 2.05) is 32.0 Å². The number of urea groups is 1. The minimum Gasteiger partial charge on any atom is -0.348 e. The van der Waals surface area contributed by atoms with E-state index >= 15 is 0 Å². The second-order valence-electron chi connectivity index (χ2n) is 6.81. The molecule has 0 spiro atoms. The molecule has 1 aromatic carbocycles. The second kappa shape index (κ2) is 6.63. The van der Waals surface area contributed by atoms with Crippen molar-refractivity contribution in [2.24, 2.45) is 5.92 Å². The second-order valence-corrected chi connectivity index (χ2v) is 6.81. The van der Waals surface area contributed by atoms with Crippen molar-refractivity contribution < 1.29 is 14.4 Å². The fraction of sp³-hybridized carbons (Fsp3) is 0.500. The molecule has 2 unspecified atom stereocenters. The van der Waals surface area contributed by atoms with Crippen LogP contribution in [0, 0.1) is 5.92 Å². The summed E-state index contributed by atoms with van der Waals surface area (Å²) in [7, 11) is 0. The SMILES string of the molecule is CC(C)C1NC(=O)N(CC(=O)NC2CCCc3ccccc32)C1=O. The zero-order valence-electron chi connectivity index (χ0n) is 14.0. The van der Waals surface area contributed by atoms with E-state index < -0.39 is 12.1 Å². The average molecular weight is 329 g/mol. The van der Waals surface area contributed by atoms with Crippen molar-refractivity contribution in [3.05, 3.63) is 35.4 Å². The van der Waals surface area contributed by atoms with Crippen LogP contribution in [0.4, 0.5) is 4.79 Å². The van der Waals surface area contributed by atoms with Crippen LogP contribution < -0.4 is 10.6 Å². The maximum absolute atomic E-state index is 12.4. The summed E-state index contributed by atoms with van der Waals surface area (Å²) in [6, 6.07) is 7.00. The van der Waals surface area contributed by atoms with E-state index in [0.29, 0.717) is 0 Å². The van der Waals surface area contributed by atoms with E-state index in [2.05, 4.69) is 16.7 Å². The fourth-order valence-electron chi connectivity index (χ4n) is 3.43. The smallest absolute Gasteiger partial charge is 0.325 e. The average Bonchev–Trinajstić information content (AvgIpc) is 2.83. The van der Waals surface area contributed by atoms with Crippen molar-refractivity contribution in [2.75, 3.05) is 6.54 Å². The van der Waals surface area contributed by atoms with Crippen molar-refractivity contribution in [1.29, 1.82) is 0 Å². The molecular weight excluding hydrogens is 306 g/mol. The summed E-state index contributed by atoms with van der Waals surface area (Å²) in [5, 5.41) is 5.61. The van der Waals surface area contributed by atoms with Gasteiger partial charge >= 0.3 is 6.03 Å². The molecule has 6 nitrogen and oxygen atoms in total. The van der Waals surface area contributed by atoms with E-state index in [-0.39, 0.29) is 30.3 Å². The van der Waals surface area contributed by atoms with Crippen LogP contribution in [-0.2, 0) is 16.0 Å². The molecule has 2 N–H and O–H groups in total. The molecule has 24 heavy (non-hydrogen) atoms. The van der Waals surface area contributed by atoms with E-state index in [0.717, 1.165) is 29.7 Å². The predicted octanol–water partition coefficient (Wildman–Crippen LogP) is 1.76. The normalized spacial score (nSPS) is 23.2. The van der Waals surface area contributed by atoms with E-state index in [1.165, 1.54) is 5.56 Å². The highest BCUT2D eigenvalue weighted by molar-refractivity contribution is 6.06. The van der Waals surface area contributed by atoms with Gasteiger partial charge in [0, 0.05) is 0 Å². The van der Waals surface area contributed by atoms with Crippen LogP contribution in [0.2, 0.25) is 0 Å². The highest BCUT2D eigenvalue weighted by atomic mass is 16.2. The summed E-state index contributed by atoms with van der Waals surface area (Å²) in [6.45, 7) is 3.50. The van der Waals surface area contributed by atoms with Gasteiger partial charge in [-0.2, -0.15) is 0 Å². The summed E-state index contributed by atoms with van der Waals surface area (Å²) in [5.41, 5.74) is 2.39. The summed E-state index contributed by atoms with van der Waals surface area (Å²) in [5.74, 6) is -0.626. The van der Waals surface area contributed by atoms with Crippen LogP contribution in [0.3, 0.4) is 0 Å². The predicted molar refractivity (Wildman–Crippen MR) is 89.1 cm³/mol. The third-order valence-electron chi connectivity index (χ3n) is 4.73. The van der Waals surface area contributed by atoms with Crippen molar-refractivity contribution >= 4 is 17.8 Å². The molecule has 0 aromatic heterocycles. The Morgan fingerprint density at radius 2 is 2.08 bits per heavy atom. The Labute approximate surface area is 141 Å². The number of rotatable bonds is 4. The van der Waals surface area contributed by atoms with Gasteiger partial charge in [-0.15, -0.1) is 0 Å². The number of benzene rings is 1. The molecule has 1 aliphatic heterocycles. The Kier molecular flexibility index (Phi) is 4.55. The van der Waals surface area contributed by atoms with Gasteiger partial charge in [0.25, 0.3) is 5.91 Å². The number of fused-ring (bicyclic) bond motifs is 1. The van der Waals surface area contributed by atoms with E-state index in [9.17, 15) is 14.4 Å². The van der Waals surface area contributed by atoms with E-state index in [1.54, 1.807) is 0 Å². The van der Waals surface area contributed by atoms with Gasteiger partial charge < -0.3 is 10.6 Å². The van der Waals surface area contributed by atoms with Crippen molar-refractivity contribution in [3.8, 4) is 0 Å². The lowest BCUT2D eigenvalue weighted by atomic mass is 9.88. The van der Waals surface area contributed by atoms with Crippen LogP contribution in [0.1, 0.15) is 43.9 Å². The zero-order valence-corrected chi connectivity index (χ0v) is 14.0. The van der Waals surface area contributed by atoms with Crippen LogP contribution >= 0.6 is 0 Å². The van der Waals surface area contributed by atoms with Crippen LogP contribution in [0.15, 0.2) is 24.3 Å². The largest absolute Gasteiger partial charge is 0.348 e. The molecule has 128 valence electrons. The Bertz CT molecular complexity index is 671. The van der Waals surface area contributed by atoms with Crippen LogP contribution in [0.5, 0.6) is 0 Å². The number of aryl methyl sites for hydroxylation is 1. The number of nitrogens with zero attached hydrogens (tertiary/aromatic N) is 1. The van der Waals surface area contributed by atoms with Crippen LogP contribution in [0.25, 0.3) is 0 Å². The molecule has 1 aliphatic carbocycles. The Balaban J connectivity index is 1.65. The number of hydrogen-bond acceptors (Lipinski definition) is 3. The van der Waals surface area contributed by atoms with Crippen LogP contribution in [-0.4, -0.2) is 35.3 Å². The highest BCUT2D eigenvalue weighted by Crippen LogP contribution is 2.29. The minimum absolute atomic E-state index is 0.000248. The first kappa shape index (κ1) is 16.5. The third-order valence-corrected chi connectivity index (χ3v) is 4.73. The molecule has 1 saturated heterocycles. The number of amides is 4. The minimum atomic E-state index is -0.541. The van der Waals surface area contributed by atoms with Crippen molar-refractivity contribution in [1.82, 2.24) is 15.5 Å². The third kappa shape index (κ3) is 3.13. The van der Waals surface area contributed by atoms with Gasteiger partial charge in [-0.1, -0.05) is 38.1 Å². The Morgan fingerprint density at radius 3 is 2.79 bits per heavy atom. The Morgan fingerprint density at radius 1 is 1.33 bits per heavy atom. The van der Waals surface area contributed by atoms with E-state index in [4.69, 9.17) is 0 Å². The topological polar surface area (TPSA) is 78.5 Å². The molecular formula is C18H23N3O3. The molecule has 3 rings (SSSR count). The molecule has 6 heteroatoms. The summed E-state index contributed by atoms with van der Waals surface area (Å²) in [4.78, 5) is 37.6. The maximum atomic E-state index is 12.4. The molecule has 1 heterocycles. The van der Waals surface area contributed by atoms with Crippen molar-refractivity contribution in [2.45, 2.75) is 45.2 Å².